The highest BCUT2D eigenvalue weighted by molar-refractivity contribution is 7.99. The van der Waals surface area contributed by atoms with Gasteiger partial charge in [0.2, 0.25) is 0 Å². The number of aliphatic hydroxyl groups is 1. The van der Waals surface area contributed by atoms with Crippen LogP contribution < -0.4 is 0 Å². The Morgan fingerprint density at radius 3 is 1.43 bits per heavy atom. The second-order valence-corrected chi connectivity index (χ2v) is 19.4. The Kier molecular flexibility index (Phi) is 28.6. The van der Waals surface area contributed by atoms with E-state index in [2.05, 4.69) is 169 Å². The average molecular weight is 667 g/mol. The number of ether oxygens (including phenoxy) is 1. The largest absolute Gasteiger partial charge is 0.393 e. The van der Waals surface area contributed by atoms with E-state index >= 15 is 0 Å². The molecule has 0 saturated carbocycles. The number of hydrogen-bond acceptors (Lipinski definition) is 3. The van der Waals surface area contributed by atoms with Gasteiger partial charge in [-0.15, -0.1) is 0 Å². The molecule has 1 atom stereocenters. The number of hydrogen-bond donors (Lipinski definition) is 1. The molecule has 0 aliphatic carbocycles. The lowest BCUT2D eigenvalue weighted by Gasteiger charge is -2.35. The van der Waals surface area contributed by atoms with Crippen molar-refractivity contribution in [3.8, 4) is 0 Å². The first-order chi connectivity index (χ1) is 20.9. The van der Waals surface area contributed by atoms with E-state index in [1.54, 1.807) is 0 Å². The third-order valence-corrected chi connectivity index (χ3v) is 10.8. The van der Waals surface area contributed by atoms with Crippen molar-refractivity contribution in [2.45, 2.75) is 163 Å². The normalized spacial score (nSPS) is 13.0. The zero-order valence-electron chi connectivity index (χ0n) is 35.0. The van der Waals surface area contributed by atoms with Gasteiger partial charge >= 0.3 is 0 Å². The minimum atomic E-state index is -0.169. The Morgan fingerprint density at radius 1 is 0.652 bits per heavy atom. The van der Waals surface area contributed by atoms with Gasteiger partial charge in [0, 0.05) is 6.61 Å². The second-order valence-electron chi connectivity index (χ2n) is 17.8. The van der Waals surface area contributed by atoms with E-state index in [1.165, 1.54) is 17.7 Å². The standard InChI is InChI=1S/C14H22.2C11H24O.C7H16S/c1-11(2)14(12(3)4)10-13-8-6-5-7-9-13;1-9(2)7-12-8-11(5,6)10(3)4;1-8(2)7-10(12)11(5,6)9(3)4;1-6(2)5-8-7(3)4/h5-9,11-12,14H,10H2,1-4H3;9-10H,7-8H2,1-6H3;8-10,12H,7H2,1-6H3;6-7H,5H2,1-4H3. The first-order valence-corrected chi connectivity index (χ1v) is 19.8. The maximum atomic E-state index is 9.92. The van der Waals surface area contributed by atoms with E-state index in [9.17, 15) is 5.11 Å². The second kappa shape index (κ2) is 26.4. The highest BCUT2D eigenvalue weighted by Gasteiger charge is 2.31. The molecule has 1 aromatic rings. The molecule has 0 fully saturated rings. The van der Waals surface area contributed by atoms with Crippen molar-refractivity contribution in [3.63, 3.8) is 0 Å². The van der Waals surface area contributed by atoms with Gasteiger partial charge in [0.25, 0.3) is 0 Å². The summed E-state index contributed by atoms with van der Waals surface area (Å²) in [5, 5.41) is 10.7. The van der Waals surface area contributed by atoms with Crippen LogP contribution >= 0.6 is 11.8 Å². The van der Waals surface area contributed by atoms with Gasteiger partial charge in [-0.25, -0.2) is 0 Å². The van der Waals surface area contributed by atoms with E-state index in [0.29, 0.717) is 29.1 Å². The highest BCUT2D eigenvalue weighted by atomic mass is 32.2. The number of thioether (sulfide) groups is 1. The third-order valence-electron chi connectivity index (χ3n) is 9.32. The smallest absolute Gasteiger partial charge is 0.0596 e. The average Bonchev–Trinajstić information content (AvgIpc) is 2.91. The predicted octanol–water partition coefficient (Wildman–Crippen LogP) is 13.4. The summed E-state index contributed by atoms with van der Waals surface area (Å²) < 4.78 is 5.62. The molecule has 0 bridgehead atoms. The topological polar surface area (TPSA) is 29.5 Å². The van der Waals surface area contributed by atoms with Crippen molar-refractivity contribution >= 4 is 11.8 Å². The molecule has 0 aliphatic rings. The Morgan fingerprint density at radius 2 is 1.13 bits per heavy atom. The molecule has 46 heavy (non-hydrogen) atoms. The minimum absolute atomic E-state index is 0.0459. The molecule has 1 aromatic carbocycles. The molecule has 0 aliphatic heterocycles. The summed E-state index contributed by atoms with van der Waals surface area (Å²) in [6, 6.07) is 10.8. The first kappa shape index (κ1) is 49.9. The molecule has 0 amide bonds. The summed E-state index contributed by atoms with van der Waals surface area (Å²) in [7, 11) is 0. The van der Waals surface area contributed by atoms with Gasteiger partial charge in [-0.05, 0) is 87.6 Å². The molecule has 0 spiro atoms. The SMILES string of the molecule is CC(C)C(Cc1ccccc1)C(C)C.CC(C)CC(O)C(C)(C)C(C)C.CC(C)COCC(C)(C)C(C)C.CC(C)CSC(C)C. The molecule has 1 N–H and O–H groups in total. The van der Waals surface area contributed by atoms with Gasteiger partial charge in [0.15, 0.2) is 0 Å². The lowest BCUT2D eigenvalue weighted by atomic mass is 9.74. The Balaban J connectivity index is -0.000000546. The van der Waals surface area contributed by atoms with Crippen molar-refractivity contribution in [1.82, 2.24) is 0 Å². The maximum Gasteiger partial charge on any atom is 0.0596 e. The number of aliphatic hydroxyl groups excluding tert-OH is 1. The van der Waals surface area contributed by atoms with Crippen molar-refractivity contribution < 1.29 is 9.84 Å². The van der Waals surface area contributed by atoms with Gasteiger partial charge in [0.05, 0.1) is 12.7 Å². The van der Waals surface area contributed by atoms with Gasteiger partial charge in [0.1, 0.15) is 0 Å². The van der Waals surface area contributed by atoms with Crippen LogP contribution in [0.3, 0.4) is 0 Å². The van der Waals surface area contributed by atoms with Gasteiger partial charge in [-0.2, -0.15) is 11.8 Å². The van der Waals surface area contributed by atoms with Crippen molar-refractivity contribution in [1.29, 1.82) is 0 Å². The summed E-state index contributed by atoms with van der Waals surface area (Å²) in [4.78, 5) is 0. The number of rotatable bonds is 16. The monoisotopic (exact) mass is 667 g/mol. The first-order valence-electron chi connectivity index (χ1n) is 18.8. The van der Waals surface area contributed by atoms with Gasteiger partial charge < -0.3 is 9.84 Å². The molecule has 0 radical (unpaired) electrons. The fourth-order valence-electron chi connectivity index (χ4n) is 4.37. The molecule has 1 rings (SSSR count). The molecule has 0 saturated heterocycles. The highest BCUT2D eigenvalue weighted by Crippen LogP contribution is 2.33. The summed E-state index contributed by atoms with van der Waals surface area (Å²) in [6.45, 7) is 46.4. The van der Waals surface area contributed by atoms with Crippen molar-refractivity contribution in [3.05, 3.63) is 35.9 Å². The lowest BCUT2D eigenvalue weighted by Crippen LogP contribution is -2.35. The summed E-state index contributed by atoms with van der Waals surface area (Å²) in [5.74, 6) is 6.95. The van der Waals surface area contributed by atoms with Crippen LogP contribution in [-0.2, 0) is 11.2 Å². The summed E-state index contributed by atoms with van der Waals surface area (Å²) in [6.07, 6.45) is 1.96. The zero-order chi connectivity index (χ0) is 36.8. The van der Waals surface area contributed by atoms with Crippen LogP contribution in [0.4, 0.5) is 0 Å². The van der Waals surface area contributed by atoms with Gasteiger partial charge in [-0.3, -0.25) is 0 Å². The van der Waals surface area contributed by atoms with E-state index in [4.69, 9.17) is 4.74 Å². The summed E-state index contributed by atoms with van der Waals surface area (Å²) >= 11 is 2.04. The zero-order valence-corrected chi connectivity index (χ0v) is 35.8. The van der Waals surface area contributed by atoms with Crippen LogP contribution in [0.1, 0.15) is 150 Å². The van der Waals surface area contributed by atoms with Crippen molar-refractivity contribution in [2.75, 3.05) is 19.0 Å². The van der Waals surface area contributed by atoms with Crippen molar-refractivity contribution in [2.24, 2.45) is 58.2 Å². The molecule has 0 aromatic heterocycles. The van der Waals surface area contributed by atoms with Gasteiger partial charge in [-0.1, -0.05) is 169 Å². The minimum Gasteiger partial charge on any atom is -0.393 e. The molecule has 3 heteroatoms. The number of benzene rings is 1. The van der Waals surface area contributed by atoms with Crippen LogP contribution in [0.2, 0.25) is 0 Å². The Bertz CT molecular complexity index is 774. The molecule has 2 nitrogen and oxygen atoms in total. The fourth-order valence-corrected chi connectivity index (χ4v) is 5.14. The van der Waals surface area contributed by atoms with Crippen LogP contribution in [0.15, 0.2) is 30.3 Å². The molecule has 276 valence electrons. The van der Waals surface area contributed by atoms with E-state index < -0.39 is 0 Å². The van der Waals surface area contributed by atoms with E-state index in [1.807, 2.05) is 11.8 Å². The Labute approximate surface area is 296 Å². The molecular weight excluding hydrogens is 581 g/mol. The van der Waals surface area contributed by atoms with E-state index in [0.717, 1.165) is 48.6 Å². The van der Waals surface area contributed by atoms with Crippen LogP contribution in [0, 0.1) is 58.2 Å². The third kappa shape index (κ3) is 27.4. The molecule has 1 unspecified atom stereocenters. The maximum absolute atomic E-state index is 9.92. The van der Waals surface area contributed by atoms with E-state index in [-0.39, 0.29) is 11.5 Å². The fraction of sp³-hybridized carbons (Fsp3) is 0.860. The van der Waals surface area contributed by atoms with Crippen LogP contribution in [0.25, 0.3) is 0 Å². The van der Waals surface area contributed by atoms with Crippen LogP contribution in [0.5, 0.6) is 0 Å². The quantitative estimate of drug-likeness (QED) is 0.190. The Hall–Kier alpha value is -0.510. The molecule has 0 heterocycles. The lowest BCUT2D eigenvalue weighted by molar-refractivity contribution is 0.00322. The molecular formula is C43H86O2S. The van der Waals surface area contributed by atoms with Crippen LogP contribution in [-0.4, -0.2) is 35.4 Å². The summed E-state index contributed by atoms with van der Waals surface area (Å²) in [5.41, 5.74) is 1.83. The predicted molar refractivity (Wildman–Crippen MR) is 214 cm³/mol.